The summed E-state index contributed by atoms with van der Waals surface area (Å²) in [5, 5.41) is 0. The summed E-state index contributed by atoms with van der Waals surface area (Å²) in [7, 11) is 0. The van der Waals surface area contributed by atoms with Crippen LogP contribution in [-0.4, -0.2) is 43.7 Å². The summed E-state index contributed by atoms with van der Waals surface area (Å²) < 4.78 is 17.0. The molecule has 0 N–H and O–H groups in total. The van der Waals surface area contributed by atoms with E-state index in [9.17, 15) is 4.79 Å². The topological polar surface area (TPSA) is 48.0 Å². The van der Waals surface area contributed by atoms with Gasteiger partial charge in [0.15, 0.2) is 0 Å². The van der Waals surface area contributed by atoms with Crippen molar-refractivity contribution in [2.45, 2.75) is 19.8 Å². The van der Waals surface area contributed by atoms with Crippen molar-refractivity contribution in [3.8, 4) is 28.4 Å². The summed E-state index contributed by atoms with van der Waals surface area (Å²) in [6, 6.07) is 26.1. The van der Waals surface area contributed by atoms with E-state index >= 15 is 0 Å². The number of benzene rings is 3. The Bertz CT molecular complexity index is 994. The molecule has 0 unspecified atom stereocenters. The molecule has 1 aliphatic heterocycles. The summed E-state index contributed by atoms with van der Waals surface area (Å²) in [5.74, 6) is 2.39. The van der Waals surface area contributed by atoms with Crippen molar-refractivity contribution in [2.75, 3.05) is 32.8 Å². The predicted octanol–water partition coefficient (Wildman–Crippen LogP) is 5.80. The number of hydrogen-bond acceptors (Lipinski definition) is 5. The first-order valence-corrected chi connectivity index (χ1v) is 11.7. The highest BCUT2D eigenvalue weighted by Gasteiger charge is 2.25. The van der Waals surface area contributed by atoms with Crippen molar-refractivity contribution in [2.24, 2.45) is 5.92 Å². The molecule has 0 bridgehead atoms. The zero-order valence-corrected chi connectivity index (χ0v) is 19.1. The van der Waals surface area contributed by atoms with Gasteiger partial charge in [-0.15, -0.1) is 0 Å². The normalized spacial score (nSPS) is 14.6. The summed E-state index contributed by atoms with van der Waals surface area (Å²) in [4.78, 5) is 14.2. The molecule has 0 amide bonds. The monoisotopic (exact) mass is 445 g/mol. The van der Waals surface area contributed by atoms with Gasteiger partial charge in [0.1, 0.15) is 23.9 Å². The maximum absolute atomic E-state index is 11.8. The molecule has 0 atom stereocenters. The molecule has 5 heteroatoms. The number of hydrogen-bond donors (Lipinski definition) is 0. The SMILES string of the molecule is CCOC(=O)C1CCN(CCOc2ccc(Oc3ccc(-c4ccccc4)cc3)cc2)CC1. The van der Waals surface area contributed by atoms with E-state index < -0.39 is 0 Å². The minimum atomic E-state index is -0.0529. The maximum Gasteiger partial charge on any atom is 0.309 e. The third-order valence-electron chi connectivity index (χ3n) is 5.90. The second kappa shape index (κ2) is 11.5. The lowest BCUT2D eigenvalue weighted by molar-refractivity contribution is -0.149. The van der Waals surface area contributed by atoms with Crippen molar-refractivity contribution in [3.05, 3.63) is 78.9 Å². The van der Waals surface area contributed by atoms with Crippen LogP contribution in [0, 0.1) is 5.92 Å². The Kier molecular flexibility index (Phi) is 7.99. The highest BCUT2D eigenvalue weighted by Crippen LogP contribution is 2.27. The first-order chi connectivity index (χ1) is 16.2. The van der Waals surface area contributed by atoms with Crippen LogP contribution in [0.15, 0.2) is 78.9 Å². The fourth-order valence-electron chi connectivity index (χ4n) is 4.03. The van der Waals surface area contributed by atoms with E-state index in [0.717, 1.165) is 55.3 Å². The molecule has 0 aliphatic carbocycles. The molecule has 3 aromatic rings. The zero-order valence-electron chi connectivity index (χ0n) is 19.1. The summed E-state index contributed by atoms with van der Waals surface area (Å²) in [6.45, 7) is 5.59. The van der Waals surface area contributed by atoms with Crippen LogP contribution in [-0.2, 0) is 9.53 Å². The minimum Gasteiger partial charge on any atom is -0.492 e. The van der Waals surface area contributed by atoms with Gasteiger partial charge in [0.2, 0.25) is 0 Å². The standard InChI is InChI=1S/C28H31NO4/c1-2-31-28(30)24-16-18-29(19-17-24)20-21-32-25-12-14-27(15-13-25)33-26-10-8-23(9-11-26)22-6-4-3-5-7-22/h3-15,24H,2,16-21H2,1H3. The minimum absolute atomic E-state index is 0.0456. The Morgan fingerprint density at radius 1 is 0.818 bits per heavy atom. The molecule has 5 nitrogen and oxygen atoms in total. The van der Waals surface area contributed by atoms with E-state index in [0.29, 0.717) is 13.2 Å². The van der Waals surface area contributed by atoms with Crippen molar-refractivity contribution in [1.29, 1.82) is 0 Å². The lowest BCUT2D eigenvalue weighted by Crippen LogP contribution is -2.39. The van der Waals surface area contributed by atoms with Gasteiger partial charge in [-0.2, -0.15) is 0 Å². The van der Waals surface area contributed by atoms with Crippen LogP contribution in [0.1, 0.15) is 19.8 Å². The summed E-state index contributed by atoms with van der Waals surface area (Å²) in [6.07, 6.45) is 1.72. The highest BCUT2D eigenvalue weighted by atomic mass is 16.5. The first kappa shape index (κ1) is 22.9. The van der Waals surface area contributed by atoms with Crippen LogP contribution in [0.25, 0.3) is 11.1 Å². The summed E-state index contributed by atoms with van der Waals surface area (Å²) in [5.41, 5.74) is 2.35. The van der Waals surface area contributed by atoms with Crippen LogP contribution in [0.5, 0.6) is 17.2 Å². The van der Waals surface area contributed by atoms with Crippen molar-refractivity contribution in [3.63, 3.8) is 0 Å². The van der Waals surface area contributed by atoms with Crippen LogP contribution in [0.3, 0.4) is 0 Å². The Morgan fingerprint density at radius 3 is 2.03 bits per heavy atom. The number of carbonyl (C=O) groups is 1. The van der Waals surface area contributed by atoms with E-state index in [4.69, 9.17) is 14.2 Å². The van der Waals surface area contributed by atoms with Gasteiger partial charge in [0.25, 0.3) is 0 Å². The number of ether oxygens (including phenoxy) is 3. The Balaban J connectivity index is 1.20. The summed E-state index contributed by atoms with van der Waals surface area (Å²) >= 11 is 0. The molecule has 1 fully saturated rings. The fourth-order valence-corrected chi connectivity index (χ4v) is 4.03. The van der Waals surface area contributed by atoms with Gasteiger partial charge in [-0.3, -0.25) is 9.69 Å². The van der Waals surface area contributed by atoms with Crippen molar-refractivity contribution < 1.29 is 19.0 Å². The molecular formula is C28H31NO4. The maximum atomic E-state index is 11.8. The van der Waals surface area contributed by atoms with Crippen molar-refractivity contribution >= 4 is 5.97 Å². The first-order valence-electron chi connectivity index (χ1n) is 11.7. The molecule has 172 valence electrons. The fraction of sp³-hybridized carbons (Fsp3) is 0.321. The molecule has 1 aliphatic rings. The van der Waals surface area contributed by atoms with E-state index in [1.165, 1.54) is 5.56 Å². The van der Waals surface area contributed by atoms with Gasteiger partial charge >= 0.3 is 5.97 Å². The number of esters is 1. The van der Waals surface area contributed by atoms with Crippen LogP contribution < -0.4 is 9.47 Å². The Labute approximate surface area is 195 Å². The molecular weight excluding hydrogens is 414 g/mol. The van der Waals surface area contributed by atoms with Gasteiger partial charge < -0.3 is 14.2 Å². The number of likely N-dealkylation sites (tertiary alicyclic amines) is 1. The van der Waals surface area contributed by atoms with E-state index in [2.05, 4.69) is 29.2 Å². The number of rotatable bonds is 9. The van der Waals surface area contributed by atoms with Gasteiger partial charge in [0.05, 0.1) is 12.5 Å². The highest BCUT2D eigenvalue weighted by molar-refractivity contribution is 5.72. The van der Waals surface area contributed by atoms with Crippen LogP contribution in [0.2, 0.25) is 0 Å². The van der Waals surface area contributed by atoms with E-state index in [1.54, 1.807) is 0 Å². The smallest absolute Gasteiger partial charge is 0.309 e. The zero-order chi connectivity index (χ0) is 22.9. The molecule has 3 aromatic carbocycles. The van der Waals surface area contributed by atoms with Gasteiger partial charge in [-0.1, -0.05) is 42.5 Å². The lowest BCUT2D eigenvalue weighted by atomic mass is 9.97. The molecule has 1 saturated heterocycles. The molecule has 1 heterocycles. The van der Waals surface area contributed by atoms with E-state index in [-0.39, 0.29) is 11.9 Å². The predicted molar refractivity (Wildman–Crippen MR) is 130 cm³/mol. The molecule has 0 aromatic heterocycles. The second-order valence-electron chi connectivity index (χ2n) is 8.18. The Morgan fingerprint density at radius 2 is 1.39 bits per heavy atom. The molecule has 0 spiro atoms. The van der Waals surface area contributed by atoms with Crippen LogP contribution >= 0.6 is 0 Å². The lowest BCUT2D eigenvalue weighted by Gasteiger charge is -2.30. The van der Waals surface area contributed by atoms with Gasteiger partial charge in [-0.25, -0.2) is 0 Å². The number of nitrogens with zero attached hydrogens (tertiary/aromatic N) is 1. The molecule has 0 radical (unpaired) electrons. The largest absolute Gasteiger partial charge is 0.492 e. The number of piperidine rings is 1. The third-order valence-corrected chi connectivity index (χ3v) is 5.90. The van der Waals surface area contributed by atoms with Gasteiger partial charge in [-0.05, 0) is 80.4 Å². The second-order valence-corrected chi connectivity index (χ2v) is 8.18. The average Bonchev–Trinajstić information content (AvgIpc) is 2.87. The van der Waals surface area contributed by atoms with Crippen LogP contribution in [0.4, 0.5) is 0 Å². The number of carbonyl (C=O) groups excluding carboxylic acids is 1. The van der Waals surface area contributed by atoms with E-state index in [1.807, 2.05) is 61.5 Å². The third kappa shape index (κ3) is 6.59. The molecule has 4 rings (SSSR count). The average molecular weight is 446 g/mol. The Hall–Kier alpha value is -3.31. The quantitative estimate of drug-likeness (QED) is 0.390. The van der Waals surface area contributed by atoms with Gasteiger partial charge in [0, 0.05) is 6.54 Å². The van der Waals surface area contributed by atoms with Crippen molar-refractivity contribution in [1.82, 2.24) is 4.90 Å². The molecule has 33 heavy (non-hydrogen) atoms. The molecule has 0 saturated carbocycles.